The van der Waals surface area contributed by atoms with Gasteiger partial charge in [0.15, 0.2) is 0 Å². The minimum atomic E-state index is -3.90. The molecule has 0 bridgehead atoms. The second kappa shape index (κ2) is 8.70. The van der Waals surface area contributed by atoms with E-state index in [-0.39, 0.29) is 11.4 Å². The van der Waals surface area contributed by atoms with Crippen LogP contribution >= 0.6 is 0 Å². The molecule has 140 valence electrons. The molecule has 0 aliphatic rings. The number of carbonyl (C=O) groups is 2. The van der Waals surface area contributed by atoms with E-state index in [9.17, 15) is 18.0 Å². The molecule has 25 heavy (non-hydrogen) atoms. The zero-order valence-electron chi connectivity index (χ0n) is 14.9. The summed E-state index contributed by atoms with van der Waals surface area (Å²) in [6.07, 6.45) is -0.115. The first-order chi connectivity index (χ1) is 11.5. The van der Waals surface area contributed by atoms with Crippen molar-refractivity contribution in [1.29, 1.82) is 0 Å². The highest BCUT2D eigenvalue weighted by Crippen LogP contribution is 2.09. The van der Waals surface area contributed by atoms with E-state index < -0.39 is 27.7 Å². The van der Waals surface area contributed by atoms with Crippen LogP contribution in [0.1, 0.15) is 32.8 Å². The number of nitrogens with one attached hydrogen (secondary N) is 3. The highest BCUT2D eigenvalue weighted by Gasteiger charge is 2.17. The lowest BCUT2D eigenvalue weighted by atomic mass is 10.2. The van der Waals surface area contributed by atoms with E-state index >= 15 is 0 Å². The van der Waals surface area contributed by atoms with Gasteiger partial charge in [0.05, 0.1) is 4.90 Å². The number of amides is 3. The van der Waals surface area contributed by atoms with Crippen LogP contribution in [0.25, 0.3) is 0 Å². The summed E-state index contributed by atoms with van der Waals surface area (Å²) in [6.45, 7) is 7.60. The Labute approximate surface area is 148 Å². The second-order valence-electron chi connectivity index (χ2n) is 6.46. The average Bonchev–Trinajstić information content (AvgIpc) is 2.44. The third-order valence-corrected chi connectivity index (χ3v) is 4.21. The van der Waals surface area contributed by atoms with Crippen molar-refractivity contribution >= 4 is 22.1 Å². The van der Waals surface area contributed by atoms with Gasteiger partial charge in [-0.2, -0.15) is 0 Å². The molecule has 0 fully saturated rings. The van der Waals surface area contributed by atoms with Gasteiger partial charge in [-0.3, -0.25) is 0 Å². The lowest BCUT2D eigenvalue weighted by Crippen LogP contribution is -2.40. The Morgan fingerprint density at radius 3 is 2.16 bits per heavy atom. The highest BCUT2D eigenvalue weighted by molar-refractivity contribution is 7.90. The molecule has 8 nitrogen and oxygen atoms in total. The SMILES string of the molecule is Cc1ccc(S(=O)(=O)NC(=O)NCCCNC(=O)OC(C)(C)C)cc1. The Hall–Kier alpha value is -2.29. The first kappa shape index (κ1) is 20.8. The Balaban J connectivity index is 2.31. The van der Waals surface area contributed by atoms with Crippen LogP contribution in [0.15, 0.2) is 29.2 Å². The predicted octanol–water partition coefficient (Wildman–Crippen LogP) is 1.90. The molecule has 0 heterocycles. The second-order valence-corrected chi connectivity index (χ2v) is 8.14. The quantitative estimate of drug-likeness (QED) is 0.661. The molecule has 3 amide bonds. The summed E-state index contributed by atoms with van der Waals surface area (Å²) < 4.78 is 31.0. The van der Waals surface area contributed by atoms with Crippen LogP contribution < -0.4 is 15.4 Å². The molecule has 1 aromatic rings. The van der Waals surface area contributed by atoms with Gasteiger partial charge in [-0.1, -0.05) is 17.7 Å². The normalized spacial score (nSPS) is 11.5. The summed E-state index contributed by atoms with van der Waals surface area (Å²) in [5.41, 5.74) is 0.341. The van der Waals surface area contributed by atoms with E-state index in [4.69, 9.17) is 4.74 Å². The van der Waals surface area contributed by atoms with E-state index in [0.29, 0.717) is 13.0 Å². The van der Waals surface area contributed by atoms with Crippen molar-refractivity contribution < 1.29 is 22.7 Å². The minimum Gasteiger partial charge on any atom is -0.444 e. The molecular formula is C16H25N3O5S. The fourth-order valence-corrected chi connectivity index (χ4v) is 2.66. The van der Waals surface area contributed by atoms with Crippen molar-refractivity contribution in [2.45, 2.75) is 44.6 Å². The van der Waals surface area contributed by atoms with Gasteiger partial charge in [-0.25, -0.2) is 22.7 Å². The van der Waals surface area contributed by atoms with Crippen molar-refractivity contribution in [2.24, 2.45) is 0 Å². The van der Waals surface area contributed by atoms with E-state index in [0.717, 1.165) is 5.56 Å². The Bertz CT molecular complexity index is 693. The van der Waals surface area contributed by atoms with Crippen LogP contribution in [0.4, 0.5) is 9.59 Å². The zero-order valence-corrected chi connectivity index (χ0v) is 15.7. The van der Waals surface area contributed by atoms with Gasteiger partial charge >= 0.3 is 12.1 Å². The largest absolute Gasteiger partial charge is 0.444 e. The average molecular weight is 371 g/mol. The van der Waals surface area contributed by atoms with Crippen LogP contribution in [0.3, 0.4) is 0 Å². The number of hydrogen-bond donors (Lipinski definition) is 3. The molecule has 0 aromatic heterocycles. The first-order valence-corrected chi connectivity index (χ1v) is 9.32. The van der Waals surface area contributed by atoms with Gasteiger partial charge < -0.3 is 15.4 Å². The zero-order chi connectivity index (χ0) is 19.1. The molecular weight excluding hydrogens is 346 g/mol. The highest BCUT2D eigenvalue weighted by atomic mass is 32.2. The predicted molar refractivity (Wildman–Crippen MR) is 93.8 cm³/mol. The van der Waals surface area contributed by atoms with E-state index in [1.54, 1.807) is 32.9 Å². The molecule has 0 saturated heterocycles. The van der Waals surface area contributed by atoms with Gasteiger partial charge in [0.25, 0.3) is 10.0 Å². The topological polar surface area (TPSA) is 114 Å². The van der Waals surface area contributed by atoms with Crippen molar-refractivity contribution in [1.82, 2.24) is 15.4 Å². The summed E-state index contributed by atoms with van der Waals surface area (Å²) >= 11 is 0. The molecule has 3 N–H and O–H groups in total. The Kier molecular flexibility index (Phi) is 7.22. The number of aryl methyl sites for hydroxylation is 1. The number of benzene rings is 1. The van der Waals surface area contributed by atoms with Crippen LogP contribution in [0.5, 0.6) is 0 Å². The third-order valence-electron chi connectivity index (χ3n) is 2.87. The fourth-order valence-electron chi connectivity index (χ4n) is 1.73. The number of carbonyl (C=O) groups excluding carboxylic acids is 2. The standard InChI is InChI=1S/C16H25N3O5S/c1-12-6-8-13(9-7-12)25(22,23)19-14(20)17-10-5-11-18-15(21)24-16(2,3)4/h6-9H,5,10-11H2,1-4H3,(H,18,21)(H2,17,19,20). The van der Waals surface area contributed by atoms with Gasteiger partial charge in [0.2, 0.25) is 0 Å². The van der Waals surface area contributed by atoms with Crippen molar-refractivity contribution in [2.75, 3.05) is 13.1 Å². The van der Waals surface area contributed by atoms with Crippen LogP contribution in [0.2, 0.25) is 0 Å². The van der Waals surface area contributed by atoms with Crippen molar-refractivity contribution in [3.05, 3.63) is 29.8 Å². The first-order valence-electron chi connectivity index (χ1n) is 7.84. The Morgan fingerprint density at radius 2 is 1.60 bits per heavy atom. The summed E-state index contributed by atoms with van der Waals surface area (Å²) in [4.78, 5) is 23.1. The molecule has 0 aliphatic heterocycles. The molecule has 0 atom stereocenters. The molecule has 1 rings (SSSR count). The molecule has 0 unspecified atom stereocenters. The lowest BCUT2D eigenvalue weighted by molar-refractivity contribution is 0.0527. The molecule has 0 saturated carbocycles. The number of ether oxygens (including phenoxy) is 1. The van der Waals surface area contributed by atoms with Gasteiger partial charge in [0, 0.05) is 13.1 Å². The van der Waals surface area contributed by atoms with E-state index in [1.807, 2.05) is 11.6 Å². The summed E-state index contributed by atoms with van der Waals surface area (Å²) in [7, 11) is -3.90. The van der Waals surface area contributed by atoms with Gasteiger partial charge in [0.1, 0.15) is 5.60 Å². The minimum absolute atomic E-state index is 0.0137. The molecule has 9 heteroatoms. The number of hydrogen-bond acceptors (Lipinski definition) is 5. The summed E-state index contributed by atoms with van der Waals surface area (Å²) in [6, 6.07) is 5.33. The summed E-state index contributed by atoms with van der Waals surface area (Å²) in [5, 5.41) is 4.96. The molecule has 0 radical (unpaired) electrons. The number of rotatable bonds is 6. The third kappa shape index (κ3) is 8.39. The van der Waals surface area contributed by atoms with E-state index in [2.05, 4.69) is 10.6 Å². The maximum Gasteiger partial charge on any atom is 0.407 e. The molecule has 0 aliphatic carbocycles. The molecule has 1 aromatic carbocycles. The van der Waals surface area contributed by atoms with Crippen molar-refractivity contribution in [3.8, 4) is 0 Å². The Morgan fingerprint density at radius 1 is 1.04 bits per heavy atom. The van der Waals surface area contributed by atoms with Gasteiger partial charge in [-0.15, -0.1) is 0 Å². The summed E-state index contributed by atoms with van der Waals surface area (Å²) in [5.74, 6) is 0. The number of sulfonamides is 1. The molecule has 0 spiro atoms. The van der Waals surface area contributed by atoms with Crippen LogP contribution in [0, 0.1) is 6.92 Å². The van der Waals surface area contributed by atoms with Crippen molar-refractivity contribution in [3.63, 3.8) is 0 Å². The monoisotopic (exact) mass is 371 g/mol. The van der Waals surface area contributed by atoms with Crippen LogP contribution in [-0.4, -0.2) is 39.2 Å². The maximum atomic E-state index is 12.0. The number of urea groups is 1. The maximum absolute atomic E-state index is 12.0. The lowest BCUT2D eigenvalue weighted by Gasteiger charge is -2.19. The van der Waals surface area contributed by atoms with Gasteiger partial charge in [-0.05, 0) is 46.2 Å². The smallest absolute Gasteiger partial charge is 0.407 e. The van der Waals surface area contributed by atoms with Crippen LogP contribution in [-0.2, 0) is 14.8 Å². The fraction of sp³-hybridized carbons (Fsp3) is 0.500. The number of alkyl carbamates (subject to hydrolysis) is 1. The van der Waals surface area contributed by atoms with E-state index in [1.165, 1.54) is 12.1 Å².